The molecule has 282 valence electrons. The van der Waals surface area contributed by atoms with Crippen LogP contribution in [-0.4, -0.2) is 0 Å². The second kappa shape index (κ2) is 15.1. The third kappa shape index (κ3) is 6.61. The maximum atomic E-state index is 6.36. The van der Waals surface area contributed by atoms with Crippen molar-refractivity contribution in [2.75, 3.05) is 4.90 Å². The SMILES string of the molecule is c1ccc(-c2ccc(-c3ccc(N(c4ccc(-c5ccc(-c6ccc7ccccc7c6)cc5)cc4)c4ccccc4-c4ccc5c(c4)oc4ccccc45)cc3)cc2)cc1. The van der Waals surface area contributed by atoms with E-state index in [-0.39, 0.29) is 0 Å². The molecule has 2 nitrogen and oxygen atoms in total. The molecule has 60 heavy (non-hydrogen) atoms. The summed E-state index contributed by atoms with van der Waals surface area (Å²) in [5, 5.41) is 4.76. The fourth-order valence-electron chi connectivity index (χ4n) is 8.55. The van der Waals surface area contributed by atoms with Crippen LogP contribution in [-0.2, 0) is 0 Å². The average Bonchev–Trinajstić information content (AvgIpc) is 3.71. The number of benzene rings is 10. The minimum atomic E-state index is 0.883. The van der Waals surface area contributed by atoms with Gasteiger partial charge in [0, 0.05) is 27.7 Å². The molecule has 0 bridgehead atoms. The van der Waals surface area contributed by atoms with Crippen LogP contribution in [0.5, 0.6) is 0 Å². The van der Waals surface area contributed by atoms with Crippen molar-refractivity contribution < 1.29 is 4.42 Å². The Bertz CT molecular complexity index is 3270. The third-order valence-corrected chi connectivity index (χ3v) is 11.7. The molecule has 1 heterocycles. The molecule has 11 aromatic rings. The Morgan fingerprint density at radius 1 is 0.267 bits per heavy atom. The smallest absolute Gasteiger partial charge is 0.136 e. The molecular weight excluding hydrogens is 727 g/mol. The summed E-state index contributed by atoms with van der Waals surface area (Å²) in [6, 6.07) is 84.9. The molecule has 0 atom stereocenters. The summed E-state index contributed by atoms with van der Waals surface area (Å²) in [7, 11) is 0. The van der Waals surface area contributed by atoms with Crippen molar-refractivity contribution >= 4 is 49.8 Å². The Hall–Kier alpha value is -7.94. The first-order valence-corrected chi connectivity index (χ1v) is 20.5. The van der Waals surface area contributed by atoms with Crippen LogP contribution in [0.2, 0.25) is 0 Å². The number of hydrogen-bond donors (Lipinski definition) is 0. The molecule has 2 heteroatoms. The average molecular weight is 766 g/mol. The molecule has 0 unspecified atom stereocenters. The number of fused-ring (bicyclic) bond motifs is 4. The minimum absolute atomic E-state index is 0.883. The van der Waals surface area contributed by atoms with Crippen LogP contribution < -0.4 is 4.90 Å². The van der Waals surface area contributed by atoms with E-state index in [1.807, 2.05) is 12.1 Å². The molecule has 0 aliphatic carbocycles. The lowest BCUT2D eigenvalue weighted by atomic mass is 9.97. The second-order valence-electron chi connectivity index (χ2n) is 15.3. The van der Waals surface area contributed by atoms with Crippen molar-refractivity contribution in [1.82, 2.24) is 0 Å². The van der Waals surface area contributed by atoms with Crippen molar-refractivity contribution in [2.45, 2.75) is 0 Å². The molecule has 0 aliphatic heterocycles. The highest BCUT2D eigenvalue weighted by molar-refractivity contribution is 6.06. The summed E-state index contributed by atoms with van der Waals surface area (Å²) in [4.78, 5) is 2.37. The van der Waals surface area contributed by atoms with E-state index < -0.39 is 0 Å². The van der Waals surface area contributed by atoms with Gasteiger partial charge in [-0.3, -0.25) is 0 Å². The monoisotopic (exact) mass is 765 g/mol. The van der Waals surface area contributed by atoms with E-state index >= 15 is 0 Å². The van der Waals surface area contributed by atoms with E-state index in [2.05, 4.69) is 229 Å². The van der Waals surface area contributed by atoms with Gasteiger partial charge in [0.15, 0.2) is 0 Å². The fourth-order valence-corrected chi connectivity index (χ4v) is 8.55. The number of rotatable bonds is 8. The number of furan rings is 1. The van der Waals surface area contributed by atoms with Crippen molar-refractivity contribution in [3.63, 3.8) is 0 Å². The molecule has 0 amide bonds. The molecule has 0 aliphatic rings. The number of anilines is 3. The van der Waals surface area contributed by atoms with Gasteiger partial charge in [-0.25, -0.2) is 0 Å². The summed E-state index contributed by atoms with van der Waals surface area (Å²) in [5.74, 6) is 0. The van der Waals surface area contributed by atoms with E-state index in [1.54, 1.807) is 0 Å². The van der Waals surface area contributed by atoms with Gasteiger partial charge in [0.25, 0.3) is 0 Å². The molecule has 11 rings (SSSR count). The molecule has 0 saturated heterocycles. The van der Waals surface area contributed by atoms with Gasteiger partial charge in [0.05, 0.1) is 5.69 Å². The van der Waals surface area contributed by atoms with E-state index in [1.165, 1.54) is 55.3 Å². The highest BCUT2D eigenvalue weighted by Gasteiger charge is 2.19. The zero-order valence-corrected chi connectivity index (χ0v) is 32.9. The Morgan fingerprint density at radius 3 is 1.37 bits per heavy atom. The summed E-state index contributed by atoms with van der Waals surface area (Å²) in [5.41, 5.74) is 16.8. The van der Waals surface area contributed by atoms with Crippen LogP contribution in [0.15, 0.2) is 241 Å². The van der Waals surface area contributed by atoms with Crippen LogP contribution in [0.1, 0.15) is 0 Å². The lowest BCUT2D eigenvalue weighted by molar-refractivity contribution is 0.669. The van der Waals surface area contributed by atoms with Crippen LogP contribution in [0.3, 0.4) is 0 Å². The van der Waals surface area contributed by atoms with Crippen LogP contribution in [0.25, 0.3) is 88.3 Å². The highest BCUT2D eigenvalue weighted by atomic mass is 16.3. The Morgan fingerprint density at radius 2 is 0.717 bits per heavy atom. The van der Waals surface area contributed by atoms with Crippen molar-refractivity contribution in [2.24, 2.45) is 0 Å². The van der Waals surface area contributed by atoms with Gasteiger partial charge < -0.3 is 9.32 Å². The van der Waals surface area contributed by atoms with Gasteiger partial charge in [-0.2, -0.15) is 0 Å². The van der Waals surface area contributed by atoms with Crippen LogP contribution >= 0.6 is 0 Å². The number of hydrogen-bond acceptors (Lipinski definition) is 2. The summed E-state index contributed by atoms with van der Waals surface area (Å²) < 4.78 is 6.36. The zero-order chi connectivity index (χ0) is 39.8. The molecule has 1 aromatic heterocycles. The molecular formula is C58H39NO. The molecule has 0 N–H and O–H groups in total. The van der Waals surface area contributed by atoms with Gasteiger partial charge >= 0.3 is 0 Å². The van der Waals surface area contributed by atoms with E-state index in [0.29, 0.717) is 0 Å². The first-order valence-electron chi connectivity index (χ1n) is 20.5. The largest absolute Gasteiger partial charge is 0.456 e. The van der Waals surface area contributed by atoms with E-state index in [9.17, 15) is 0 Å². The minimum Gasteiger partial charge on any atom is -0.456 e. The summed E-state index contributed by atoms with van der Waals surface area (Å²) in [6.07, 6.45) is 0. The summed E-state index contributed by atoms with van der Waals surface area (Å²) in [6.45, 7) is 0. The van der Waals surface area contributed by atoms with E-state index in [0.717, 1.165) is 50.1 Å². The normalized spacial score (nSPS) is 11.3. The molecule has 0 spiro atoms. The van der Waals surface area contributed by atoms with Crippen LogP contribution in [0.4, 0.5) is 17.1 Å². The standard InChI is InChI=1S/C58H39NO/c1-2-10-40(11-3-1)42-18-20-43(21-19-42)45-28-33-51(34-29-45)59(56-16-8-6-14-53(56)50-32-37-55-54-15-7-9-17-57(54)60-58(55)39-50)52-35-30-46(31-36-52)44-22-24-47(25-23-44)49-27-26-41-12-4-5-13-48(41)38-49/h1-39H. The zero-order valence-electron chi connectivity index (χ0n) is 32.9. The predicted octanol–water partition coefficient (Wildman–Crippen LogP) is 16.5. The maximum absolute atomic E-state index is 6.36. The molecule has 0 radical (unpaired) electrons. The number of nitrogens with zero attached hydrogens (tertiary/aromatic N) is 1. The molecule has 0 fully saturated rings. The summed E-state index contributed by atoms with van der Waals surface area (Å²) >= 11 is 0. The second-order valence-corrected chi connectivity index (χ2v) is 15.3. The van der Waals surface area contributed by atoms with Gasteiger partial charge in [-0.1, -0.05) is 182 Å². The lowest BCUT2D eigenvalue weighted by Crippen LogP contribution is -2.11. The topological polar surface area (TPSA) is 16.4 Å². The van der Waals surface area contributed by atoms with E-state index in [4.69, 9.17) is 4.42 Å². The Kier molecular flexibility index (Phi) is 8.87. The van der Waals surface area contributed by atoms with Gasteiger partial charge in [0.2, 0.25) is 0 Å². The molecule has 0 saturated carbocycles. The first kappa shape index (κ1) is 35.2. The van der Waals surface area contributed by atoms with Crippen molar-refractivity contribution in [1.29, 1.82) is 0 Å². The quantitative estimate of drug-likeness (QED) is 0.153. The highest BCUT2D eigenvalue weighted by Crippen LogP contribution is 2.43. The van der Waals surface area contributed by atoms with Gasteiger partial charge in [0.1, 0.15) is 11.2 Å². The predicted molar refractivity (Wildman–Crippen MR) is 253 cm³/mol. The van der Waals surface area contributed by atoms with Crippen molar-refractivity contribution in [3.8, 4) is 55.6 Å². The lowest BCUT2D eigenvalue weighted by Gasteiger charge is -2.28. The Balaban J connectivity index is 0.958. The van der Waals surface area contributed by atoms with Crippen molar-refractivity contribution in [3.05, 3.63) is 237 Å². The van der Waals surface area contributed by atoms with Gasteiger partial charge in [-0.05, 0) is 115 Å². The van der Waals surface area contributed by atoms with Gasteiger partial charge in [-0.15, -0.1) is 0 Å². The first-order chi connectivity index (χ1) is 29.7. The maximum Gasteiger partial charge on any atom is 0.136 e. The third-order valence-electron chi connectivity index (χ3n) is 11.7. The van der Waals surface area contributed by atoms with Crippen LogP contribution in [0, 0.1) is 0 Å². The Labute approximate surface area is 349 Å². The fraction of sp³-hybridized carbons (Fsp3) is 0. The molecule has 10 aromatic carbocycles. The number of para-hydroxylation sites is 2.